The number of ether oxygens (including phenoxy) is 1. The van der Waals surface area contributed by atoms with Crippen molar-refractivity contribution < 1.29 is 4.74 Å². The Kier molecular flexibility index (Phi) is 6.57. The van der Waals surface area contributed by atoms with Crippen LogP contribution in [-0.2, 0) is 4.74 Å². The molecule has 1 N–H and O–H groups in total. The normalized spacial score (nSPS) is 25.6. The number of rotatable bonds is 6. The molecule has 112 valence electrons. The molecule has 0 amide bonds. The summed E-state index contributed by atoms with van der Waals surface area (Å²) in [6.45, 7) is 14.7. The van der Waals surface area contributed by atoms with E-state index in [-0.39, 0.29) is 0 Å². The summed E-state index contributed by atoms with van der Waals surface area (Å²) in [4.78, 5) is 5.07. The largest absolute Gasteiger partial charge is 0.379 e. The summed E-state index contributed by atoms with van der Waals surface area (Å²) in [5, 5.41) is 3.73. The van der Waals surface area contributed by atoms with Crippen LogP contribution < -0.4 is 5.32 Å². The zero-order valence-corrected chi connectivity index (χ0v) is 12.7. The van der Waals surface area contributed by atoms with Gasteiger partial charge in [0.25, 0.3) is 0 Å². The van der Waals surface area contributed by atoms with Crippen molar-refractivity contribution in [2.45, 2.75) is 32.7 Å². The molecule has 2 aliphatic heterocycles. The Labute approximate surface area is 118 Å². The Hall–Kier alpha value is -0.160. The van der Waals surface area contributed by atoms with E-state index in [0.717, 1.165) is 38.8 Å². The summed E-state index contributed by atoms with van der Waals surface area (Å²) in [7, 11) is 0. The van der Waals surface area contributed by atoms with Gasteiger partial charge in [0.1, 0.15) is 0 Å². The Morgan fingerprint density at radius 1 is 1.11 bits per heavy atom. The van der Waals surface area contributed by atoms with E-state index in [2.05, 4.69) is 29.0 Å². The highest BCUT2D eigenvalue weighted by Crippen LogP contribution is 2.20. The van der Waals surface area contributed by atoms with Gasteiger partial charge in [-0.2, -0.15) is 0 Å². The number of hydrogen-bond acceptors (Lipinski definition) is 4. The van der Waals surface area contributed by atoms with Crippen molar-refractivity contribution in [1.82, 2.24) is 15.1 Å². The molecule has 0 radical (unpaired) electrons. The van der Waals surface area contributed by atoms with Crippen LogP contribution in [0.2, 0.25) is 0 Å². The fourth-order valence-corrected chi connectivity index (χ4v) is 3.21. The van der Waals surface area contributed by atoms with Crippen LogP contribution in [0.1, 0.15) is 26.7 Å². The molecule has 0 aromatic rings. The highest BCUT2D eigenvalue weighted by molar-refractivity contribution is 4.79. The summed E-state index contributed by atoms with van der Waals surface area (Å²) in [5.41, 5.74) is 0. The van der Waals surface area contributed by atoms with Gasteiger partial charge in [-0.25, -0.2) is 0 Å². The Morgan fingerprint density at radius 3 is 2.42 bits per heavy atom. The standard InChI is InChI=1S/C15H31N3O/c1-3-17-7-4-15(5-8-17)14(2)16-6-9-18-10-12-19-13-11-18/h14-16H,3-13H2,1-2H3. The molecule has 4 nitrogen and oxygen atoms in total. The van der Waals surface area contributed by atoms with E-state index in [9.17, 15) is 0 Å². The minimum Gasteiger partial charge on any atom is -0.379 e. The number of likely N-dealkylation sites (tertiary alicyclic amines) is 1. The number of piperidine rings is 1. The van der Waals surface area contributed by atoms with Crippen molar-refractivity contribution in [2.24, 2.45) is 5.92 Å². The summed E-state index contributed by atoms with van der Waals surface area (Å²) >= 11 is 0. The molecule has 4 heteroatoms. The first-order valence-electron chi connectivity index (χ1n) is 8.05. The van der Waals surface area contributed by atoms with E-state index < -0.39 is 0 Å². The van der Waals surface area contributed by atoms with E-state index in [0.29, 0.717) is 6.04 Å². The second-order valence-electron chi connectivity index (χ2n) is 5.97. The van der Waals surface area contributed by atoms with Crippen molar-refractivity contribution in [2.75, 3.05) is 59.0 Å². The van der Waals surface area contributed by atoms with Crippen LogP contribution in [-0.4, -0.2) is 74.9 Å². The van der Waals surface area contributed by atoms with E-state index in [4.69, 9.17) is 4.74 Å². The smallest absolute Gasteiger partial charge is 0.0594 e. The van der Waals surface area contributed by atoms with Crippen LogP contribution in [0.3, 0.4) is 0 Å². The highest BCUT2D eigenvalue weighted by Gasteiger charge is 2.22. The van der Waals surface area contributed by atoms with Gasteiger partial charge in [-0.1, -0.05) is 6.92 Å². The summed E-state index contributed by atoms with van der Waals surface area (Å²) in [6.07, 6.45) is 2.72. The summed E-state index contributed by atoms with van der Waals surface area (Å²) in [6, 6.07) is 0.667. The van der Waals surface area contributed by atoms with Crippen molar-refractivity contribution in [3.8, 4) is 0 Å². The molecule has 2 heterocycles. The molecule has 2 aliphatic rings. The van der Waals surface area contributed by atoms with Crippen molar-refractivity contribution in [1.29, 1.82) is 0 Å². The Balaban J connectivity index is 1.57. The Bertz CT molecular complexity index is 236. The zero-order valence-electron chi connectivity index (χ0n) is 12.7. The van der Waals surface area contributed by atoms with E-state index in [1.807, 2.05) is 0 Å². The maximum absolute atomic E-state index is 5.38. The van der Waals surface area contributed by atoms with E-state index in [1.165, 1.54) is 39.0 Å². The van der Waals surface area contributed by atoms with Gasteiger partial charge < -0.3 is 15.0 Å². The van der Waals surface area contributed by atoms with Crippen LogP contribution in [0.25, 0.3) is 0 Å². The van der Waals surface area contributed by atoms with Crippen LogP contribution >= 0.6 is 0 Å². The lowest BCUT2D eigenvalue weighted by Crippen LogP contribution is -2.45. The molecular weight excluding hydrogens is 238 g/mol. The topological polar surface area (TPSA) is 27.7 Å². The average molecular weight is 269 g/mol. The SMILES string of the molecule is CCN1CCC(C(C)NCCN2CCOCC2)CC1. The molecule has 0 saturated carbocycles. The quantitative estimate of drug-likeness (QED) is 0.779. The maximum Gasteiger partial charge on any atom is 0.0594 e. The number of nitrogens with zero attached hydrogens (tertiary/aromatic N) is 2. The fourth-order valence-electron chi connectivity index (χ4n) is 3.21. The molecule has 0 bridgehead atoms. The third kappa shape index (κ3) is 5.03. The van der Waals surface area contributed by atoms with Gasteiger partial charge in [0.05, 0.1) is 13.2 Å². The van der Waals surface area contributed by atoms with E-state index in [1.54, 1.807) is 0 Å². The second-order valence-corrected chi connectivity index (χ2v) is 5.97. The molecule has 2 fully saturated rings. The van der Waals surface area contributed by atoms with Crippen LogP contribution in [0.15, 0.2) is 0 Å². The third-order valence-electron chi connectivity index (χ3n) is 4.78. The predicted octanol–water partition coefficient (Wildman–Crippen LogP) is 1.03. The summed E-state index contributed by atoms with van der Waals surface area (Å²) < 4.78 is 5.38. The van der Waals surface area contributed by atoms with Crippen molar-refractivity contribution in [3.05, 3.63) is 0 Å². The van der Waals surface area contributed by atoms with E-state index >= 15 is 0 Å². The molecule has 0 spiro atoms. The molecule has 1 unspecified atom stereocenters. The first-order chi connectivity index (χ1) is 9.29. The summed E-state index contributed by atoms with van der Waals surface area (Å²) in [5.74, 6) is 0.868. The zero-order chi connectivity index (χ0) is 13.5. The van der Waals surface area contributed by atoms with Crippen LogP contribution in [0.4, 0.5) is 0 Å². The molecule has 0 aromatic carbocycles. The Morgan fingerprint density at radius 2 is 1.79 bits per heavy atom. The minimum atomic E-state index is 0.667. The number of nitrogens with one attached hydrogen (secondary N) is 1. The molecule has 19 heavy (non-hydrogen) atoms. The van der Waals surface area contributed by atoms with Gasteiger partial charge in [0, 0.05) is 32.2 Å². The third-order valence-corrected chi connectivity index (χ3v) is 4.78. The average Bonchev–Trinajstić information content (AvgIpc) is 2.48. The van der Waals surface area contributed by atoms with Crippen LogP contribution in [0.5, 0.6) is 0 Å². The van der Waals surface area contributed by atoms with Crippen LogP contribution in [0, 0.1) is 5.92 Å². The minimum absolute atomic E-state index is 0.667. The maximum atomic E-state index is 5.38. The lowest BCUT2D eigenvalue weighted by molar-refractivity contribution is 0.0377. The van der Waals surface area contributed by atoms with Crippen molar-refractivity contribution >= 4 is 0 Å². The molecule has 0 aromatic heterocycles. The van der Waals surface area contributed by atoms with Gasteiger partial charge in [-0.15, -0.1) is 0 Å². The molecule has 2 saturated heterocycles. The van der Waals surface area contributed by atoms with Gasteiger partial charge in [0.2, 0.25) is 0 Å². The molecule has 0 aliphatic carbocycles. The lowest BCUT2D eigenvalue weighted by atomic mass is 9.90. The second kappa shape index (κ2) is 8.20. The first-order valence-corrected chi connectivity index (χ1v) is 8.05. The number of hydrogen-bond donors (Lipinski definition) is 1. The van der Waals surface area contributed by atoms with Gasteiger partial charge in [-0.3, -0.25) is 4.90 Å². The predicted molar refractivity (Wildman–Crippen MR) is 79.6 cm³/mol. The molecule has 2 rings (SSSR count). The van der Waals surface area contributed by atoms with Crippen molar-refractivity contribution in [3.63, 3.8) is 0 Å². The number of morpholine rings is 1. The monoisotopic (exact) mass is 269 g/mol. The first kappa shape index (κ1) is 15.2. The fraction of sp³-hybridized carbons (Fsp3) is 1.00. The highest BCUT2D eigenvalue weighted by atomic mass is 16.5. The molecule has 1 atom stereocenters. The van der Waals surface area contributed by atoms with Gasteiger partial charge in [-0.05, 0) is 45.3 Å². The van der Waals surface area contributed by atoms with Gasteiger partial charge in [0.15, 0.2) is 0 Å². The molecular formula is C15H31N3O. The van der Waals surface area contributed by atoms with Gasteiger partial charge >= 0.3 is 0 Å². The lowest BCUT2D eigenvalue weighted by Gasteiger charge is -2.35.